The van der Waals surface area contributed by atoms with E-state index in [9.17, 15) is 19.8 Å². The van der Waals surface area contributed by atoms with E-state index in [1.807, 2.05) is 41.0 Å². The number of nitrogens with zero attached hydrogens (tertiary/aromatic N) is 2. The fourth-order valence-electron chi connectivity index (χ4n) is 3.57. The first-order chi connectivity index (χ1) is 15.0. The zero-order valence-corrected chi connectivity index (χ0v) is 16.6. The second-order valence-electron chi connectivity index (χ2n) is 7.18. The van der Waals surface area contributed by atoms with Gasteiger partial charge in [0.15, 0.2) is 6.10 Å². The average molecular weight is 415 g/mol. The van der Waals surface area contributed by atoms with Crippen molar-refractivity contribution in [1.82, 2.24) is 9.55 Å². The Labute approximate surface area is 178 Å². The van der Waals surface area contributed by atoms with Crippen LogP contribution in [-0.4, -0.2) is 31.6 Å². The SMILES string of the molecule is O=C(O)CC(c1ccccc1)n1cnc2cc(NC(=O)C(O)c3ccccc3)ccc21. The molecule has 3 aromatic carbocycles. The number of benzene rings is 3. The van der Waals surface area contributed by atoms with Crippen molar-refractivity contribution >= 4 is 28.6 Å². The number of aromatic nitrogens is 2. The maximum Gasteiger partial charge on any atom is 0.305 e. The summed E-state index contributed by atoms with van der Waals surface area (Å²) < 4.78 is 1.82. The van der Waals surface area contributed by atoms with E-state index in [0.717, 1.165) is 11.1 Å². The number of hydrogen-bond acceptors (Lipinski definition) is 4. The van der Waals surface area contributed by atoms with Crippen LogP contribution >= 0.6 is 0 Å². The Morgan fingerprint density at radius 3 is 2.23 bits per heavy atom. The van der Waals surface area contributed by atoms with Crippen LogP contribution in [0, 0.1) is 0 Å². The molecule has 1 aromatic heterocycles. The minimum atomic E-state index is -1.28. The second-order valence-corrected chi connectivity index (χ2v) is 7.18. The molecule has 3 N–H and O–H groups in total. The third kappa shape index (κ3) is 4.46. The molecule has 2 unspecified atom stereocenters. The highest BCUT2D eigenvalue weighted by Crippen LogP contribution is 2.28. The van der Waals surface area contributed by atoms with Gasteiger partial charge in [0, 0.05) is 5.69 Å². The zero-order valence-electron chi connectivity index (χ0n) is 16.6. The molecule has 1 heterocycles. The van der Waals surface area contributed by atoms with E-state index >= 15 is 0 Å². The number of amides is 1. The van der Waals surface area contributed by atoms with Crippen molar-refractivity contribution in [2.45, 2.75) is 18.6 Å². The van der Waals surface area contributed by atoms with E-state index in [1.165, 1.54) is 0 Å². The second kappa shape index (κ2) is 8.81. The summed E-state index contributed by atoms with van der Waals surface area (Å²) in [7, 11) is 0. The zero-order chi connectivity index (χ0) is 21.8. The predicted molar refractivity (Wildman–Crippen MR) is 117 cm³/mol. The molecule has 0 aliphatic heterocycles. The van der Waals surface area contributed by atoms with Crippen LogP contribution in [0.3, 0.4) is 0 Å². The Bertz CT molecular complexity index is 1210. The van der Waals surface area contributed by atoms with Crippen LogP contribution < -0.4 is 5.32 Å². The van der Waals surface area contributed by atoms with Crippen molar-refractivity contribution in [3.63, 3.8) is 0 Å². The molecule has 0 spiro atoms. The minimum absolute atomic E-state index is 0.0861. The third-order valence-electron chi connectivity index (χ3n) is 5.09. The molecule has 0 saturated carbocycles. The van der Waals surface area contributed by atoms with Gasteiger partial charge >= 0.3 is 5.97 Å². The predicted octanol–water partition coefficient (Wildman–Crippen LogP) is 3.77. The molecule has 156 valence electrons. The van der Waals surface area contributed by atoms with Crippen LogP contribution in [0.15, 0.2) is 85.2 Å². The molecule has 0 saturated heterocycles. The van der Waals surface area contributed by atoms with E-state index in [0.29, 0.717) is 16.8 Å². The number of fused-ring (bicyclic) bond motifs is 1. The molecule has 4 aromatic rings. The third-order valence-corrected chi connectivity index (χ3v) is 5.09. The number of carbonyl (C=O) groups excluding carboxylic acids is 1. The number of nitrogens with one attached hydrogen (secondary N) is 1. The lowest BCUT2D eigenvalue weighted by Crippen LogP contribution is -2.20. The molecular formula is C24H21N3O4. The number of rotatable bonds is 7. The summed E-state index contributed by atoms with van der Waals surface area (Å²) in [6.07, 6.45) is 0.236. The summed E-state index contributed by atoms with van der Waals surface area (Å²) in [6, 6.07) is 22.9. The van der Waals surface area contributed by atoms with E-state index in [2.05, 4.69) is 10.3 Å². The van der Waals surface area contributed by atoms with E-state index in [4.69, 9.17) is 0 Å². The maximum absolute atomic E-state index is 12.4. The van der Waals surface area contributed by atoms with Gasteiger partial charge < -0.3 is 20.1 Å². The Hall–Kier alpha value is -3.97. The average Bonchev–Trinajstić information content (AvgIpc) is 3.21. The normalized spacial score (nSPS) is 12.9. The first-order valence-electron chi connectivity index (χ1n) is 9.80. The minimum Gasteiger partial charge on any atom is -0.481 e. The van der Waals surface area contributed by atoms with Gasteiger partial charge in [-0.3, -0.25) is 9.59 Å². The van der Waals surface area contributed by atoms with Gasteiger partial charge in [0.1, 0.15) is 0 Å². The molecule has 31 heavy (non-hydrogen) atoms. The van der Waals surface area contributed by atoms with Gasteiger partial charge in [0.2, 0.25) is 0 Å². The summed E-state index contributed by atoms with van der Waals surface area (Å²) in [5.41, 5.74) is 3.22. The van der Waals surface area contributed by atoms with Crippen LogP contribution in [0.25, 0.3) is 11.0 Å². The van der Waals surface area contributed by atoms with Gasteiger partial charge in [-0.15, -0.1) is 0 Å². The van der Waals surface area contributed by atoms with Crippen LogP contribution in [0.4, 0.5) is 5.69 Å². The first-order valence-corrected chi connectivity index (χ1v) is 9.80. The van der Waals surface area contributed by atoms with Crippen LogP contribution in [0.5, 0.6) is 0 Å². The number of aliphatic hydroxyl groups excluding tert-OH is 1. The number of carboxylic acid groups (broad SMARTS) is 1. The molecule has 0 radical (unpaired) electrons. The van der Waals surface area contributed by atoms with E-state index in [-0.39, 0.29) is 6.42 Å². The van der Waals surface area contributed by atoms with Crippen molar-refractivity contribution in [2.75, 3.05) is 5.32 Å². The quantitative estimate of drug-likeness (QED) is 0.426. The van der Waals surface area contributed by atoms with Gasteiger partial charge in [0.25, 0.3) is 5.91 Å². The molecule has 4 rings (SSSR count). The Morgan fingerprint density at radius 2 is 1.58 bits per heavy atom. The van der Waals surface area contributed by atoms with Crippen LogP contribution in [0.1, 0.15) is 29.7 Å². The number of aliphatic carboxylic acids is 1. The molecular weight excluding hydrogens is 394 g/mol. The van der Waals surface area contributed by atoms with Crippen molar-refractivity contribution in [2.24, 2.45) is 0 Å². The number of aliphatic hydroxyl groups is 1. The van der Waals surface area contributed by atoms with Crippen LogP contribution in [0.2, 0.25) is 0 Å². The van der Waals surface area contributed by atoms with Crippen molar-refractivity contribution < 1.29 is 19.8 Å². The molecule has 0 aliphatic rings. The first kappa shape index (κ1) is 20.3. The Morgan fingerprint density at radius 1 is 0.935 bits per heavy atom. The monoisotopic (exact) mass is 415 g/mol. The lowest BCUT2D eigenvalue weighted by Gasteiger charge is -2.18. The fourth-order valence-corrected chi connectivity index (χ4v) is 3.57. The molecule has 1 amide bonds. The van der Waals surface area contributed by atoms with E-state index < -0.39 is 24.0 Å². The summed E-state index contributed by atoms with van der Waals surface area (Å²) in [6.45, 7) is 0. The Balaban J connectivity index is 1.60. The number of hydrogen-bond donors (Lipinski definition) is 3. The highest BCUT2D eigenvalue weighted by atomic mass is 16.4. The van der Waals surface area contributed by atoms with Crippen molar-refractivity contribution in [3.05, 3.63) is 96.3 Å². The molecule has 0 aliphatic carbocycles. The van der Waals surface area contributed by atoms with Crippen LogP contribution in [-0.2, 0) is 9.59 Å². The van der Waals surface area contributed by atoms with Gasteiger partial charge in [-0.05, 0) is 29.3 Å². The largest absolute Gasteiger partial charge is 0.481 e. The van der Waals surface area contributed by atoms with E-state index in [1.54, 1.807) is 48.8 Å². The van der Waals surface area contributed by atoms with Gasteiger partial charge in [-0.1, -0.05) is 60.7 Å². The summed E-state index contributed by atoms with van der Waals surface area (Å²) in [5.74, 6) is -1.45. The van der Waals surface area contributed by atoms with Crippen molar-refractivity contribution in [1.29, 1.82) is 0 Å². The molecule has 0 bridgehead atoms. The Kier molecular flexibility index (Phi) is 5.77. The van der Waals surface area contributed by atoms with Gasteiger partial charge in [0.05, 0.1) is 29.8 Å². The topological polar surface area (TPSA) is 104 Å². The molecule has 2 atom stereocenters. The molecule has 7 nitrogen and oxygen atoms in total. The maximum atomic E-state index is 12.4. The summed E-state index contributed by atoms with van der Waals surface area (Å²) >= 11 is 0. The highest BCUT2D eigenvalue weighted by molar-refractivity contribution is 5.96. The molecule has 7 heteroatoms. The fraction of sp³-hybridized carbons (Fsp3) is 0.125. The summed E-state index contributed by atoms with van der Waals surface area (Å²) in [5, 5.41) is 22.4. The number of anilines is 1. The smallest absolute Gasteiger partial charge is 0.305 e. The van der Waals surface area contributed by atoms with Gasteiger partial charge in [-0.25, -0.2) is 4.98 Å². The summed E-state index contributed by atoms with van der Waals surface area (Å²) in [4.78, 5) is 28.3. The molecule has 0 fully saturated rings. The lowest BCUT2D eigenvalue weighted by atomic mass is 10.0. The number of carboxylic acids is 1. The lowest BCUT2D eigenvalue weighted by molar-refractivity contribution is -0.137. The highest BCUT2D eigenvalue weighted by Gasteiger charge is 2.21. The van der Waals surface area contributed by atoms with Gasteiger partial charge in [-0.2, -0.15) is 0 Å². The van der Waals surface area contributed by atoms with Crippen molar-refractivity contribution in [3.8, 4) is 0 Å². The number of carbonyl (C=O) groups is 2. The number of imidazole rings is 1. The standard InChI is InChI=1S/C24H21N3O4/c28-22(29)14-21(16-7-3-1-4-8-16)27-15-25-19-13-18(11-12-20(19)27)26-24(31)23(30)17-9-5-2-6-10-17/h1-13,15,21,23,30H,14H2,(H,26,31)(H,28,29).